The Labute approximate surface area is 132 Å². The van der Waals surface area contributed by atoms with E-state index in [1.54, 1.807) is 23.5 Å². The van der Waals surface area contributed by atoms with Crippen molar-refractivity contribution >= 4 is 6.09 Å². The predicted molar refractivity (Wildman–Crippen MR) is 84.4 cm³/mol. The molecule has 0 saturated carbocycles. The van der Waals surface area contributed by atoms with Crippen LogP contribution in [0.2, 0.25) is 0 Å². The molecule has 2 unspecified atom stereocenters. The van der Waals surface area contributed by atoms with E-state index in [0.29, 0.717) is 13.1 Å². The van der Waals surface area contributed by atoms with Gasteiger partial charge in [0, 0.05) is 44.3 Å². The summed E-state index contributed by atoms with van der Waals surface area (Å²) >= 11 is 0. The van der Waals surface area contributed by atoms with E-state index in [1.807, 2.05) is 20.8 Å². The first-order valence-corrected chi connectivity index (χ1v) is 7.77. The molecule has 0 N–H and O–H groups in total. The Morgan fingerprint density at radius 1 is 1.36 bits per heavy atom. The summed E-state index contributed by atoms with van der Waals surface area (Å²) in [6.07, 6.45) is 4.97. The molecule has 1 aliphatic rings. The Morgan fingerprint density at radius 2 is 2.09 bits per heavy atom. The third-order valence-electron chi connectivity index (χ3n) is 3.84. The minimum Gasteiger partial charge on any atom is -0.444 e. The molecular formula is C16H26N4O2. The summed E-state index contributed by atoms with van der Waals surface area (Å²) in [5.74, 6) is 0. The molecule has 2 rings (SSSR count). The van der Waals surface area contributed by atoms with E-state index in [9.17, 15) is 4.79 Å². The fourth-order valence-electron chi connectivity index (χ4n) is 2.74. The van der Waals surface area contributed by atoms with Gasteiger partial charge in [0.25, 0.3) is 0 Å². The third-order valence-corrected chi connectivity index (χ3v) is 3.84. The lowest BCUT2D eigenvalue weighted by molar-refractivity contribution is -0.00106. The van der Waals surface area contributed by atoms with Gasteiger partial charge in [-0.3, -0.25) is 14.9 Å². The average molecular weight is 306 g/mol. The van der Waals surface area contributed by atoms with Gasteiger partial charge in [-0.15, -0.1) is 0 Å². The van der Waals surface area contributed by atoms with Gasteiger partial charge in [0.1, 0.15) is 5.60 Å². The van der Waals surface area contributed by atoms with Crippen molar-refractivity contribution in [2.75, 3.05) is 19.6 Å². The predicted octanol–water partition coefficient (Wildman–Crippen LogP) is 2.48. The van der Waals surface area contributed by atoms with Crippen LogP contribution in [0.3, 0.4) is 0 Å². The first-order chi connectivity index (χ1) is 10.3. The molecular weight excluding hydrogens is 280 g/mol. The molecule has 1 aromatic rings. The number of nitrogens with zero attached hydrogens (tertiary/aromatic N) is 4. The summed E-state index contributed by atoms with van der Waals surface area (Å²) in [6, 6.07) is 0.433. The molecule has 6 heteroatoms. The van der Waals surface area contributed by atoms with E-state index in [2.05, 4.69) is 28.7 Å². The van der Waals surface area contributed by atoms with Gasteiger partial charge in [0.15, 0.2) is 0 Å². The number of carbonyl (C=O) groups excluding carboxylic acids is 1. The lowest BCUT2D eigenvalue weighted by Crippen LogP contribution is -2.55. The second-order valence-corrected chi connectivity index (χ2v) is 6.82. The summed E-state index contributed by atoms with van der Waals surface area (Å²) in [5, 5.41) is 0. The molecule has 1 saturated heterocycles. The van der Waals surface area contributed by atoms with Crippen molar-refractivity contribution in [1.29, 1.82) is 0 Å². The Bertz CT molecular complexity index is 501. The molecule has 1 aliphatic heterocycles. The van der Waals surface area contributed by atoms with Gasteiger partial charge in [-0.25, -0.2) is 4.79 Å². The molecule has 6 nitrogen and oxygen atoms in total. The molecule has 1 amide bonds. The topological polar surface area (TPSA) is 58.6 Å². The van der Waals surface area contributed by atoms with E-state index in [4.69, 9.17) is 4.74 Å². The van der Waals surface area contributed by atoms with E-state index in [-0.39, 0.29) is 18.2 Å². The molecule has 0 spiro atoms. The Morgan fingerprint density at radius 3 is 2.64 bits per heavy atom. The third kappa shape index (κ3) is 4.16. The number of carbonyl (C=O) groups is 1. The van der Waals surface area contributed by atoms with E-state index in [1.165, 1.54) is 0 Å². The maximum absolute atomic E-state index is 12.2. The molecule has 0 bridgehead atoms. The fraction of sp³-hybridized carbons (Fsp3) is 0.688. The van der Waals surface area contributed by atoms with Gasteiger partial charge >= 0.3 is 6.09 Å². The number of piperazine rings is 1. The second kappa shape index (κ2) is 6.60. The SMILES string of the molecule is CC1CN(C(=O)OC(C)(C)C)CCN1C(C)c1cnccn1. The minimum atomic E-state index is -0.454. The fourth-order valence-corrected chi connectivity index (χ4v) is 2.74. The molecule has 2 heterocycles. The normalized spacial score (nSPS) is 21.5. The van der Waals surface area contributed by atoms with Crippen LogP contribution in [0, 0.1) is 0 Å². The second-order valence-electron chi connectivity index (χ2n) is 6.82. The first-order valence-electron chi connectivity index (χ1n) is 7.77. The van der Waals surface area contributed by atoms with Crippen LogP contribution in [0.1, 0.15) is 46.4 Å². The Balaban J connectivity index is 1.97. The zero-order valence-corrected chi connectivity index (χ0v) is 14.1. The highest BCUT2D eigenvalue weighted by Gasteiger charge is 2.32. The zero-order chi connectivity index (χ0) is 16.3. The van der Waals surface area contributed by atoms with Gasteiger partial charge in [0.05, 0.1) is 11.7 Å². The van der Waals surface area contributed by atoms with E-state index in [0.717, 1.165) is 12.2 Å². The number of hydrogen-bond acceptors (Lipinski definition) is 5. The van der Waals surface area contributed by atoms with Crippen molar-refractivity contribution in [3.63, 3.8) is 0 Å². The van der Waals surface area contributed by atoms with Crippen molar-refractivity contribution in [2.24, 2.45) is 0 Å². The van der Waals surface area contributed by atoms with Crippen LogP contribution in [-0.4, -0.2) is 57.1 Å². The first kappa shape index (κ1) is 16.7. The molecule has 1 fully saturated rings. The van der Waals surface area contributed by atoms with Crippen molar-refractivity contribution in [3.05, 3.63) is 24.3 Å². The maximum atomic E-state index is 12.2. The number of amides is 1. The number of hydrogen-bond donors (Lipinski definition) is 0. The zero-order valence-electron chi connectivity index (χ0n) is 14.1. The molecule has 0 radical (unpaired) electrons. The number of ether oxygens (including phenoxy) is 1. The van der Waals surface area contributed by atoms with Gasteiger partial charge < -0.3 is 9.64 Å². The van der Waals surface area contributed by atoms with Crippen molar-refractivity contribution < 1.29 is 9.53 Å². The molecule has 2 atom stereocenters. The highest BCUT2D eigenvalue weighted by atomic mass is 16.6. The van der Waals surface area contributed by atoms with Crippen molar-refractivity contribution in [3.8, 4) is 0 Å². The average Bonchev–Trinajstić information content (AvgIpc) is 2.45. The van der Waals surface area contributed by atoms with Crippen molar-refractivity contribution in [2.45, 2.75) is 52.3 Å². The van der Waals surface area contributed by atoms with E-state index < -0.39 is 5.60 Å². The maximum Gasteiger partial charge on any atom is 0.410 e. The molecule has 22 heavy (non-hydrogen) atoms. The number of aromatic nitrogens is 2. The summed E-state index contributed by atoms with van der Waals surface area (Å²) < 4.78 is 5.45. The van der Waals surface area contributed by atoms with Gasteiger partial charge in [-0.2, -0.15) is 0 Å². The van der Waals surface area contributed by atoms with Crippen LogP contribution in [0.4, 0.5) is 4.79 Å². The van der Waals surface area contributed by atoms with Crippen LogP contribution < -0.4 is 0 Å². The largest absolute Gasteiger partial charge is 0.444 e. The molecule has 122 valence electrons. The monoisotopic (exact) mass is 306 g/mol. The standard InChI is InChI=1S/C16H26N4O2/c1-12-11-19(15(21)22-16(3,4)5)8-9-20(12)13(2)14-10-17-6-7-18-14/h6-7,10,12-13H,8-9,11H2,1-5H3. The van der Waals surface area contributed by atoms with Crippen LogP contribution in [-0.2, 0) is 4.74 Å². The summed E-state index contributed by atoms with van der Waals surface area (Å²) in [4.78, 5) is 24.8. The molecule has 0 aromatic carbocycles. The summed E-state index contributed by atoms with van der Waals surface area (Å²) in [6.45, 7) is 12.1. The lowest BCUT2D eigenvalue weighted by Gasteiger charge is -2.42. The summed E-state index contributed by atoms with van der Waals surface area (Å²) in [5.41, 5.74) is 0.504. The lowest BCUT2D eigenvalue weighted by atomic mass is 10.1. The summed E-state index contributed by atoms with van der Waals surface area (Å²) in [7, 11) is 0. The quantitative estimate of drug-likeness (QED) is 0.840. The van der Waals surface area contributed by atoms with Crippen LogP contribution >= 0.6 is 0 Å². The van der Waals surface area contributed by atoms with Crippen LogP contribution in [0.15, 0.2) is 18.6 Å². The number of rotatable bonds is 2. The molecule has 0 aliphatic carbocycles. The van der Waals surface area contributed by atoms with Crippen molar-refractivity contribution in [1.82, 2.24) is 19.8 Å². The Kier molecular flexibility index (Phi) is 5.01. The highest BCUT2D eigenvalue weighted by molar-refractivity contribution is 5.68. The van der Waals surface area contributed by atoms with Crippen LogP contribution in [0.5, 0.6) is 0 Å². The van der Waals surface area contributed by atoms with Gasteiger partial charge in [-0.1, -0.05) is 0 Å². The Hall–Kier alpha value is -1.69. The molecule has 1 aromatic heterocycles. The van der Waals surface area contributed by atoms with Gasteiger partial charge in [-0.05, 0) is 34.6 Å². The van der Waals surface area contributed by atoms with E-state index >= 15 is 0 Å². The highest BCUT2D eigenvalue weighted by Crippen LogP contribution is 2.23. The van der Waals surface area contributed by atoms with Gasteiger partial charge in [0.2, 0.25) is 0 Å². The smallest absolute Gasteiger partial charge is 0.410 e. The minimum absolute atomic E-state index is 0.185. The van der Waals surface area contributed by atoms with Crippen LogP contribution in [0.25, 0.3) is 0 Å².